The van der Waals surface area contributed by atoms with Crippen LogP contribution in [0.3, 0.4) is 0 Å². The molecule has 1 amide bonds. The lowest BCUT2D eigenvalue weighted by Crippen LogP contribution is -2.36. The van der Waals surface area contributed by atoms with Gasteiger partial charge in [0.15, 0.2) is 0 Å². The van der Waals surface area contributed by atoms with Crippen LogP contribution in [-0.4, -0.2) is 42.0 Å². The molecular formula is C16H21NO4S. The molecule has 2 rings (SSSR count). The molecule has 0 radical (unpaired) electrons. The van der Waals surface area contributed by atoms with Gasteiger partial charge in [0.1, 0.15) is 5.25 Å². The van der Waals surface area contributed by atoms with E-state index in [-0.39, 0.29) is 11.3 Å². The molecule has 2 unspecified atom stereocenters. The molecule has 6 heteroatoms. The third-order valence-corrected chi connectivity index (χ3v) is 4.92. The van der Waals surface area contributed by atoms with Crippen LogP contribution in [0.1, 0.15) is 30.6 Å². The van der Waals surface area contributed by atoms with Crippen LogP contribution in [-0.2, 0) is 9.53 Å². The van der Waals surface area contributed by atoms with E-state index in [9.17, 15) is 9.59 Å². The van der Waals surface area contributed by atoms with Crippen LogP contribution in [0.4, 0.5) is 0 Å². The largest absolute Gasteiger partial charge is 0.480 e. The van der Waals surface area contributed by atoms with E-state index in [1.807, 2.05) is 0 Å². The fraction of sp³-hybridized carbons (Fsp3) is 0.500. The van der Waals surface area contributed by atoms with Crippen molar-refractivity contribution in [3.8, 4) is 0 Å². The number of aliphatic carboxylic acids is 1. The number of benzene rings is 1. The van der Waals surface area contributed by atoms with Crippen molar-refractivity contribution in [2.75, 3.05) is 19.8 Å². The standard InChI is InChI=1S/C16H21NO4S/c1-11(15(19)20)22-13-6-4-3-5-12(13)14(18)17-9-16(2)7-8-21-10-16/h3-6,11H,7-10H2,1-2H3,(H,17,18)(H,19,20). The summed E-state index contributed by atoms with van der Waals surface area (Å²) in [6, 6.07) is 7.09. The number of hydrogen-bond donors (Lipinski definition) is 2. The second-order valence-corrected chi connectivity index (χ2v) is 7.27. The SMILES string of the molecule is CC(Sc1ccccc1C(=O)NCC1(C)CCOC1)C(=O)O. The number of nitrogens with one attached hydrogen (secondary N) is 1. The average molecular weight is 323 g/mol. The Hall–Kier alpha value is -1.53. The summed E-state index contributed by atoms with van der Waals surface area (Å²) in [6.07, 6.45) is 0.930. The maximum atomic E-state index is 12.4. The average Bonchev–Trinajstić information content (AvgIpc) is 2.92. The van der Waals surface area contributed by atoms with Gasteiger partial charge in [0.05, 0.1) is 12.2 Å². The number of thioether (sulfide) groups is 1. The predicted molar refractivity (Wildman–Crippen MR) is 85.3 cm³/mol. The van der Waals surface area contributed by atoms with Crippen molar-refractivity contribution in [2.24, 2.45) is 5.41 Å². The van der Waals surface area contributed by atoms with Gasteiger partial charge in [-0.25, -0.2) is 0 Å². The van der Waals surface area contributed by atoms with Crippen LogP contribution < -0.4 is 5.32 Å². The Morgan fingerprint density at radius 1 is 1.45 bits per heavy atom. The number of hydrogen-bond acceptors (Lipinski definition) is 4. The second-order valence-electron chi connectivity index (χ2n) is 5.89. The molecule has 1 saturated heterocycles. The van der Waals surface area contributed by atoms with E-state index in [1.165, 1.54) is 11.8 Å². The Kier molecular flexibility index (Phi) is 5.47. The molecule has 120 valence electrons. The molecule has 1 aromatic carbocycles. The Morgan fingerprint density at radius 3 is 2.82 bits per heavy atom. The van der Waals surface area contributed by atoms with Crippen molar-refractivity contribution in [3.63, 3.8) is 0 Å². The summed E-state index contributed by atoms with van der Waals surface area (Å²) in [5, 5.41) is 11.4. The van der Waals surface area contributed by atoms with Crippen molar-refractivity contribution in [3.05, 3.63) is 29.8 Å². The number of carbonyl (C=O) groups is 2. The molecule has 1 aliphatic rings. The van der Waals surface area contributed by atoms with Crippen LogP contribution in [0.25, 0.3) is 0 Å². The van der Waals surface area contributed by atoms with E-state index in [0.29, 0.717) is 23.6 Å². The summed E-state index contributed by atoms with van der Waals surface area (Å²) >= 11 is 1.18. The van der Waals surface area contributed by atoms with E-state index in [0.717, 1.165) is 13.0 Å². The summed E-state index contributed by atoms with van der Waals surface area (Å²) in [5.74, 6) is -1.07. The maximum Gasteiger partial charge on any atom is 0.316 e. The number of amides is 1. The van der Waals surface area contributed by atoms with Gasteiger partial charge in [-0.05, 0) is 25.5 Å². The second kappa shape index (κ2) is 7.15. The lowest BCUT2D eigenvalue weighted by atomic mass is 9.90. The van der Waals surface area contributed by atoms with Crippen LogP contribution in [0.15, 0.2) is 29.2 Å². The van der Waals surface area contributed by atoms with Crippen molar-refractivity contribution in [1.29, 1.82) is 0 Å². The quantitative estimate of drug-likeness (QED) is 0.786. The van der Waals surface area contributed by atoms with E-state index in [1.54, 1.807) is 31.2 Å². The minimum Gasteiger partial charge on any atom is -0.480 e. The monoisotopic (exact) mass is 323 g/mol. The highest BCUT2D eigenvalue weighted by atomic mass is 32.2. The fourth-order valence-electron chi connectivity index (χ4n) is 2.24. The predicted octanol–water partition coefficient (Wildman–Crippen LogP) is 2.41. The van der Waals surface area contributed by atoms with Gasteiger partial charge in [0, 0.05) is 23.5 Å². The zero-order chi connectivity index (χ0) is 16.2. The molecule has 1 heterocycles. The van der Waals surface area contributed by atoms with Gasteiger partial charge in [-0.2, -0.15) is 0 Å². The number of rotatable bonds is 6. The van der Waals surface area contributed by atoms with E-state index >= 15 is 0 Å². The van der Waals surface area contributed by atoms with E-state index < -0.39 is 11.2 Å². The Morgan fingerprint density at radius 2 is 2.18 bits per heavy atom. The summed E-state index contributed by atoms with van der Waals surface area (Å²) in [5.41, 5.74) is 0.495. The third-order valence-electron chi connectivity index (χ3n) is 3.76. The molecule has 0 aliphatic carbocycles. The molecule has 1 aromatic rings. The molecule has 2 atom stereocenters. The first-order valence-corrected chi connectivity index (χ1v) is 8.14. The highest BCUT2D eigenvalue weighted by Gasteiger charge is 2.30. The molecule has 1 aliphatic heterocycles. The van der Waals surface area contributed by atoms with Crippen LogP contribution in [0, 0.1) is 5.41 Å². The smallest absolute Gasteiger partial charge is 0.316 e. The first kappa shape index (κ1) is 16.8. The lowest BCUT2D eigenvalue weighted by molar-refractivity contribution is -0.136. The number of carbonyl (C=O) groups excluding carboxylic acids is 1. The molecule has 2 N–H and O–H groups in total. The first-order valence-electron chi connectivity index (χ1n) is 7.26. The summed E-state index contributed by atoms with van der Waals surface area (Å²) < 4.78 is 5.38. The van der Waals surface area contributed by atoms with Crippen molar-refractivity contribution >= 4 is 23.6 Å². The topological polar surface area (TPSA) is 75.6 Å². The molecule has 0 aromatic heterocycles. The highest BCUT2D eigenvalue weighted by Crippen LogP contribution is 2.29. The van der Waals surface area contributed by atoms with Gasteiger partial charge in [0.2, 0.25) is 0 Å². The Balaban J connectivity index is 2.04. The van der Waals surface area contributed by atoms with Gasteiger partial charge in [-0.1, -0.05) is 19.1 Å². The van der Waals surface area contributed by atoms with Crippen molar-refractivity contribution in [2.45, 2.75) is 30.4 Å². The highest BCUT2D eigenvalue weighted by molar-refractivity contribution is 8.00. The van der Waals surface area contributed by atoms with E-state index in [4.69, 9.17) is 9.84 Å². The molecule has 1 fully saturated rings. The first-order chi connectivity index (χ1) is 10.4. The zero-order valence-corrected chi connectivity index (χ0v) is 13.6. The summed E-state index contributed by atoms with van der Waals surface area (Å²) in [7, 11) is 0. The van der Waals surface area contributed by atoms with Crippen LogP contribution in [0.5, 0.6) is 0 Å². The Bertz CT molecular complexity index is 555. The molecule has 22 heavy (non-hydrogen) atoms. The molecule has 0 bridgehead atoms. The number of carboxylic acid groups (broad SMARTS) is 1. The van der Waals surface area contributed by atoms with Gasteiger partial charge >= 0.3 is 5.97 Å². The zero-order valence-electron chi connectivity index (χ0n) is 12.8. The van der Waals surface area contributed by atoms with Gasteiger partial charge < -0.3 is 15.2 Å². The summed E-state index contributed by atoms with van der Waals surface area (Å²) in [4.78, 5) is 24.1. The van der Waals surface area contributed by atoms with Crippen molar-refractivity contribution < 1.29 is 19.4 Å². The van der Waals surface area contributed by atoms with Gasteiger partial charge in [-0.15, -0.1) is 11.8 Å². The Labute approximate surface area is 134 Å². The van der Waals surface area contributed by atoms with Gasteiger partial charge in [0.25, 0.3) is 5.91 Å². The third kappa shape index (κ3) is 4.24. The van der Waals surface area contributed by atoms with Crippen LogP contribution >= 0.6 is 11.8 Å². The van der Waals surface area contributed by atoms with Crippen molar-refractivity contribution in [1.82, 2.24) is 5.32 Å². The molecule has 0 spiro atoms. The fourth-order valence-corrected chi connectivity index (χ4v) is 3.16. The number of ether oxygens (including phenoxy) is 1. The van der Waals surface area contributed by atoms with E-state index in [2.05, 4.69) is 12.2 Å². The summed E-state index contributed by atoms with van der Waals surface area (Å²) in [6.45, 7) is 5.64. The van der Waals surface area contributed by atoms with Crippen LogP contribution in [0.2, 0.25) is 0 Å². The molecular weight excluding hydrogens is 302 g/mol. The molecule has 0 saturated carbocycles. The maximum absolute atomic E-state index is 12.4. The minimum atomic E-state index is -0.893. The number of carboxylic acids is 1. The lowest BCUT2D eigenvalue weighted by Gasteiger charge is -2.22. The normalized spacial score (nSPS) is 22.3. The minimum absolute atomic E-state index is 0.0217. The molecule has 5 nitrogen and oxygen atoms in total. The van der Waals surface area contributed by atoms with Gasteiger partial charge in [-0.3, -0.25) is 9.59 Å².